The Morgan fingerprint density at radius 3 is 2.69 bits per heavy atom. The maximum atomic E-state index is 12.7. The van der Waals surface area contributed by atoms with Gasteiger partial charge in [0.15, 0.2) is 0 Å². The molecule has 0 spiro atoms. The van der Waals surface area contributed by atoms with Crippen LogP contribution in [-0.2, 0) is 0 Å². The predicted molar refractivity (Wildman–Crippen MR) is 101 cm³/mol. The average molecular weight is 352 g/mol. The molecule has 1 fully saturated rings. The van der Waals surface area contributed by atoms with Crippen LogP contribution in [-0.4, -0.2) is 46.7 Å². The number of anilines is 1. The number of hydrogen-bond acceptors (Lipinski definition) is 4. The topological polar surface area (TPSA) is 68.7 Å². The molecule has 0 unspecified atom stereocenters. The van der Waals surface area contributed by atoms with E-state index < -0.39 is 0 Å². The van der Waals surface area contributed by atoms with Crippen LogP contribution in [0.3, 0.4) is 0 Å². The maximum absolute atomic E-state index is 12.7. The molecule has 3 aliphatic rings. The predicted octanol–water partition coefficient (Wildman–Crippen LogP) is 2.94. The Morgan fingerprint density at radius 1 is 1.12 bits per heavy atom. The van der Waals surface area contributed by atoms with Crippen LogP contribution in [0, 0.1) is 0 Å². The summed E-state index contributed by atoms with van der Waals surface area (Å²) in [6, 6.07) is 3.76. The summed E-state index contributed by atoms with van der Waals surface area (Å²) in [5, 5.41) is 12.5. The van der Waals surface area contributed by atoms with E-state index in [1.807, 2.05) is 17.0 Å². The second-order valence-electron chi connectivity index (χ2n) is 6.95. The van der Waals surface area contributed by atoms with Gasteiger partial charge in [-0.15, -0.1) is 0 Å². The minimum atomic E-state index is 0.0103. The van der Waals surface area contributed by atoms with E-state index in [0.717, 1.165) is 56.8 Å². The van der Waals surface area contributed by atoms with Gasteiger partial charge in [-0.1, -0.05) is 18.2 Å². The molecule has 0 atom stereocenters. The molecule has 26 heavy (non-hydrogen) atoms. The lowest BCUT2D eigenvalue weighted by atomic mass is 10.0. The number of rotatable bonds is 2. The molecule has 4 rings (SSSR count). The number of hydrogen-bond donors (Lipinski definition) is 2. The van der Waals surface area contributed by atoms with Crippen molar-refractivity contribution in [2.75, 3.05) is 24.5 Å². The van der Waals surface area contributed by atoms with E-state index >= 15 is 0 Å². The number of aromatic nitrogens is 1. The fraction of sp³-hybridized carbons (Fsp3) is 0.400. The summed E-state index contributed by atoms with van der Waals surface area (Å²) in [7, 11) is 0. The Hall–Kier alpha value is -2.76. The van der Waals surface area contributed by atoms with Gasteiger partial charge in [-0.25, -0.2) is 9.78 Å². The van der Waals surface area contributed by atoms with Gasteiger partial charge >= 0.3 is 6.03 Å². The highest BCUT2D eigenvalue weighted by Crippen LogP contribution is 2.25. The number of carbonyl (C=O) groups is 1. The second-order valence-corrected chi connectivity index (χ2v) is 6.95. The van der Waals surface area contributed by atoms with E-state index in [9.17, 15) is 9.90 Å². The first kappa shape index (κ1) is 16.7. The summed E-state index contributed by atoms with van der Waals surface area (Å²) in [5.41, 5.74) is 2.15. The summed E-state index contributed by atoms with van der Waals surface area (Å²) in [6.07, 6.45) is 13.5. The molecule has 6 nitrogen and oxygen atoms in total. The van der Waals surface area contributed by atoms with E-state index in [1.165, 1.54) is 11.8 Å². The first-order valence-electron chi connectivity index (χ1n) is 9.24. The van der Waals surface area contributed by atoms with Crippen molar-refractivity contribution in [3.05, 3.63) is 53.9 Å². The molecule has 136 valence electrons. The molecule has 6 heteroatoms. The minimum absolute atomic E-state index is 0.0103. The van der Waals surface area contributed by atoms with Gasteiger partial charge < -0.3 is 20.2 Å². The molecule has 2 N–H and O–H groups in total. The lowest BCUT2D eigenvalue weighted by molar-refractivity contribution is 0.168. The zero-order chi connectivity index (χ0) is 17.9. The van der Waals surface area contributed by atoms with Gasteiger partial charge in [-0.2, -0.15) is 0 Å². The van der Waals surface area contributed by atoms with E-state index in [2.05, 4.69) is 33.4 Å². The van der Waals surface area contributed by atoms with Gasteiger partial charge in [0.25, 0.3) is 0 Å². The van der Waals surface area contributed by atoms with Crippen LogP contribution in [0.5, 0.6) is 5.75 Å². The third-order valence-electron chi connectivity index (χ3n) is 5.31. The summed E-state index contributed by atoms with van der Waals surface area (Å²) in [4.78, 5) is 21.2. The third kappa shape index (κ3) is 3.45. The Balaban J connectivity index is 1.39. The van der Waals surface area contributed by atoms with Crippen molar-refractivity contribution < 1.29 is 9.90 Å². The molecule has 1 aromatic heterocycles. The van der Waals surface area contributed by atoms with Crippen molar-refractivity contribution in [3.63, 3.8) is 0 Å². The normalized spacial score (nSPS) is 21.3. The second kappa shape index (κ2) is 7.23. The average Bonchev–Trinajstić information content (AvgIpc) is 2.96. The molecule has 3 heterocycles. The zero-order valence-corrected chi connectivity index (χ0v) is 14.8. The molecule has 0 bridgehead atoms. The number of pyridine rings is 1. The first-order chi connectivity index (χ1) is 12.7. The molecule has 1 aromatic rings. The van der Waals surface area contributed by atoms with Crippen molar-refractivity contribution in [1.29, 1.82) is 0 Å². The summed E-state index contributed by atoms with van der Waals surface area (Å²) in [6.45, 7) is 2.48. The number of piperidine rings is 1. The number of aromatic hydroxyl groups is 1. The molecule has 1 aliphatic carbocycles. The highest BCUT2D eigenvalue weighted by Gasteiger charge is 2.30. The number of amides is 2. The van der Waals surface area contributed by atoms with Crippen LogP contribution in [0.2, 0.25) is 0 Å². The highest BCUT2D eigenvalue weighted by atomic mass is 16.3. The van der Waals surface area contributed by atoms with Gasteiger partial charge in [-0.05, 0) is 49.5 Å². The number of carbonyl (C=O) groups excluding carboxylic acids is 1. The number of nitrogens with one attached hydrogen (secondary N) is 1. The zero-order valence-electron chi connectivity index (χ0n) is 14.8. The highest BCUT2D eigenvalue weighted by molar-refractivity contribution is 5.78. The molecular formula is C20H24N4O2. The molecule has 2 amide bonds. The van der Waals surface area contributed by atoms with E-state index in [1.54, 1.807) is 6.07 Å². The van der Waals surface area contributed by atoms with Gasteiger partial charge in [0.2, 0.25) is 0 Å². The number of allylic oxidation sites excluding steroid dienone is 4. The summed E-state index contributed by atoms with van der Waals surface area (Å²) >= 11 is 0. The minimum Gasteiger partial charge on any atom is -0.506 e. The monoisotopic (exact) mass is 352 g/mol. The smallest absolute Gasteiger partial charge is 0.322 e. The Kier molecular flexibility index (Phi) is 4.65. The van der Waals surface area contributed by atoms with Crippen LogP contribution in [0.25, 0.3) is 0 Å². The van der Waals surface area contributed by atoms with Crippen molar-refractivity contribution in [3.8, 4) is 5.75 Å². The fourth-order valence-electron chi connectivity index (χ4n) is 3.86. The summed E-state index contributed by atoms with van der Waals surface area (Å²) in [5.74, 6) is 1.06. The third-order valence-corrected chi connectivity index (χ3v) is 5.31. The van der Waals surface area contributed by atoms with Crippen LogP contribution >= 0.6 is 0 Å². The fourth-order valence-corrected chi connectivity index (χ4v) is 3.86. The van der Waals surface area contributed by atoms with Crippen molar-refractivity contribution in [2.24, 2.45) is 0 Å². The lowest BCUT2D eigenvalue weighted by Gasteiger charge is -2.38. The quantitative estimate of drug-likeness (QED) is 0.859. The largest absolute Gasteiger partial charge is 0.506 e. The van der Waals surface area contributed by atoms with Gasteiger partial charge in [0, 0.05) is 31.4 Å². The van der Waals surface area contributed by atoms with Crippen LogP contribution in [0.1, 0.15) is 25.7 Å². The van der Waals surface area contributed by atoms with E-state index in [-0.39, 0.29) is 17.8 Å². The van der Waals surface area contributed by atoms with E-state index in [4.69, 9.17) is 0 Å². The Morgan fingerprint density at radius 2 is 1.92 bits per heavy atom. The van der Waals surface area contributed by atoms with Crippen LogP contribution in [0.15, 0.2) is 53.9 Å². The Bertz CT molecular complexity index is 759. The molecule has 0 saturated carbocycles. The number of urea groups is 1. The SMILES string of the molecule is O=C1NC2=C(C=CCC=C2)CCN1C1CCN(c2ccc(O)cn2)CC1. The maximum Gasteiger partial charge on any atom is 0.322 e. The van der Waals surface area contributed by atoms with Crippen LogP contribution < -0.4 is 10.2 Å². The molecule has 1 saturated heterocycles. The van der Waals surface area contributed by atoms with Gasteiger partial charge in [-0.3, -0.25) is 0 Å². The van der Waals surface area contributed by atoms with Gasteiger partial charge in [0.05, 0.1) is 6.20 Å². The standard InChI is InChI=1S/C20H24N4O2/c25-17-6-7-19(21-14-17)23-11-9-16(10-12-23)24-13-8-15-4-2-1-3-5-18(15)22-20(24)26/h2-7,14,16,25H,1,8-13H2,(H,22,26). The lowest BCUT2D eigenvalue weighted by Crippen LogP contribution is -2.50. The molecule has 2 aliphatic heterocycles. The van der Waals surface area contributed by atoms with Crippen molar-refractivity contribution >= 4 is 11.8 Å². The Labute approximate surface area is 153 Å². The van der Waals surface area contributed by atoms with E-state index in [0.29, 0.717) is 0 Å². The van der Waals surface area contributed by atoms with Crippen LogP contribution in [0.4, 0.5) is 10.6 Å². The number of nitrogens with zero attached hydrogens (tertiary/aromatic N) is 3. The van der Waals surface area contributed by atoms with Crippen molar-refractivity contribution in [2.45, 2.75) is 31.7 Å². The first-order valence-corrected chi connectivity index (χ1v) is 9.24. The van der Waals surface area contributed by atoms with Crippen molar-refractivity contribution in [1.82, 2.24) is 15.2 Å². The summed E-state index contributed by atoms with van der Waals surface area (Å²) < 4.78 is 0. The molecule has 0 aromatic carbocycles. The molecular weight excluding hydrogens is 328 g/mol. The van der Waals surface area contributed by atoms with Gasteiger partial charge in [0.1, 0.15) is 11.6 Å². The molecule has 0 radical (unpaired) electrons.